The molecule has 2 atom stereocenters. The van der Waals surface area contributed by atoms with Crippen LogP contribution in [0.5, 0.6) is 0 Å². The first-order chi connectivity index (χ1) is 7.09. The van der Waals surface area contributed by atoms with Gasteiger partial charge in [-0.1, -0.05) is 0 Å². The van der Waals surface area contributed by atoms with Crippen molar-refractivity contribution in [1.82, 2.24) is 10.6 Å². The lowest BCUT2D eigenvalue weighted by atomic mass is 10.1. The number of nitrogens with one attached hydrogen (secondary N) is 2. The van der Waals surface area contributed by atoms with Crippen LogP contribution in [0.15, 0.2) is 0 Å². The van der Waals surface area contributed by atoms with Crippen molar-refractivity contribution in [3.05, 3.63) is 0 Å². The highest BCUT2D eigenvalue weighted by Crippen LogP contribution is 2.17. The van der Waals surface area contributed by atoms with Gasteiger partial charge in [0.05, 0.1) is 22.9 Å². The molecule has 1 fully saturated rings. The summed E-state index contributed by atoms with van der Waals surface area (Å²) in [4.78, 5) is 0. The minimum absolute atomic E-state index is 0.0182. The van der Waals surface area contributed by atoms with Crippen molar-refractivity contribution in [2.24, 2.45) is 0 Å². The van der Waals surface area contributed by atoms with Gasteiger partial charge in [0, 0.05) is 5.54 Å². The highest BCUT2D eigenvalue weighted by Gasteiger charge is 2.36. The molecule has 2 N–H and O–H groups in total. The van der Waals surface area contributed by atoms with Gasteiger partial charge in [-0.15, -0.1) is 11.6 Å². The van der Waals surface area contributed by atoms with Crippen LogP contribution in [0, 0.1) is 0 Å². The zero-order valence-electron chi connectivity index (χ0n) is 9.58. The van der Waals surface area contributed by atoms with Crippen LogP contribution < -0.4 is 10.6 Å². The molecule has 0 amide bonds. The zero-order chi connectivity index (χ0) is 12.6. The summed E-state index contributed by atoms with van der Waals surface area (Å²) in [5, 5.41) is 6.04. The molecule has 0 radical (unpaired) electrons. The third-order valence-electron chi connectivity index (χ3n) is 2.09. The standard InChI is InChI=1S/C9H17ClN2O2S2/c1-9(2,3)12-8(15)11-7-5-16(13,14)4-6(7)10/h6-7H,4-5H2,1-3H3,(H2,11,12,15)/t6-,7+/m1/s1. The highest BCUT2D eigenvalue weighted by atomic mass is 35.5. The second-order valence-electron chi connectivity index (χ2n) is 5.05. The fraction of sp³-hybridized carbons (Fsp3) is 0.889. The fourth-order valence-electron chi connectivity index (χ4n) is 1.48. The predicted molar refractivity (Wildman–Crippen MR) is 70.7 cm³/mol. The van der Waals surface area contributed by atoms with Gasteiger partial charge in [-0.05, 0) is 33.0 Å². The van der Waals surface area contributed by atoms with E-state index in [1.807, 2.05) is 20.8 Å². The van der Waals surface area contributed by atoms with Crippen molar-refractivity contribution < 1.29 is 8.42 Å². The lowest BCUT2D eigenvalue weighted by molar-refractivity contribution is 0.501. The van der Waals surface area contributed by atoms with Gasteiger partial charge < -0.3 is 10.6 Å². The van der Waals surface area contributed by atoms with Gasteiger partial charge in [0.2, 0.25) is 0 Å². The van der Waals surface area contributed by atoms with Gasteiger partial charge in [-0.25, -0.2) is 8.42 Å². The number of hydrogen-bond donors (Lipinski definition) is 2. The molecule has 1 heterocycles. The summed E-state index contributed by atoms with van der Waals surface area (Å²) >= 11 is 11.0. The molecule has 1 aliphatic rings. The summed E-state index contributed by atoms with van der Waals surface area (Å²) in [5.74, 6) is 0.0669. The van der Waals surface area contributed by atoms with Crippen LogP contribution in [0.4, 0.5) is 0 Å². The van der Waals surface area contributed by atoms with E-state index in [4.69, 9.17) is 23.8 Å². The Hall–Kier alpha value is -0.0700. The largest absolute Gasteiger partial charge is 0.358 e. The average Bonchev–Trinajstić information content (AvgIpc) is 2.19. The van der Waals surface area contributed by atoms with Crippen LogP contribution in [-0.4, -0.2) is 42.0 Å². The van der Waals surface area contributed by atoms with E-state index in [9.17, 15) is 8.42 Å². The number of hydrogen-bond acceptors (Lipinski definition) is 3. The molecule has 1 rings (SSSR count). The number of halogens is 1. The van der Waals surface area contributed by atoms with Gasteiger partial charge in [-0.2, -0.15) is 0 Å². The summed E-state index contributed by atoms with van der Waals surface area (Å²) in [6, 6.07) is -0.297. The Morgan fingerprint density at radius 2 is 1.94 bits per heavy atom. The Morgan fingerprint density at radius 3 is 2.31 bits per heavy atom. The van der Waals surface area contributed by atoms with Gasteiger partial charge in [0.25, 0.3) is 0 Å². The smallest absolute Gasteiger partial charge is 0.166 e. The second kappa shape index (κ2) is 4.66. The Balaban J connectivity index is 2.53. The Morgan fingerprint density at radius 1 is 1.38 bits per heavy atom. The van der Waals surface area contributed by atoms with E-state index < -0.39 is 15.2 Å². The van der Waals surface area contributed by atoms with Crippen LogP contribution in [0.25, 0.3) is 0 Å². The van der Waals surface area contributed by atoms with Crippen molar-refractivity contribution in [3.63, 3.8) is 0 Å². The first kappa shape index (κ1) is 14.0. The Labute approximate surface area is 107 Å². The van der Waals surface area contributed by atoms with Crippen molar-refractivity contribution >= 4 is 38.8 Å². The van der Waals surface area contributed by atoms with E-state index in [1.165, 1.54) is 0 Å². The molecular formula is C9H17ClN2O2S2. The van der Waals surface area contributed by atoms with E-state index in [0.29, 0.717) is 5.11 Å². The lowest BCUT2D eigenvalue weighted by Crippen LogP contribution is -2.51. The zero-order valence-corrected chi connectivity index (χ0v) is 12.0. The SMILES string of the molecule is CC(C)(C)NC(=S)N[C@H]1CS(=O)(=O)C[C@H]1Cl. The minimum Gasteiger partial charge on any atom is -0.358 e. The maximum Gasteiger partial charge on any atom is 0.166 e. The molecule has 94 valence electrons. The number of thiocarbonyl (C=S) groups is 1. The summed E-state index contributed by atoms with van der Waals surface area (Å²) in [6.07, 6.45) is 0. The van der Waals surface area contributed by atoms with E-state index in [0.717, 1.165) is 0 Å². The van der Waals surface area contributed by atoms with Crippen LogP contribution >= 0.6 is 23.8 Å². The maximum absolute atomic E-state index is 11.3. The quantitative estimate of drug-likeness (QED) is 0.547. The maximum atomic E-state index is 11.3. The van der Waals surface area contributed by atoms with Crippen molar-refractivity contribution in [2.75, 3.05) is 11.5 Å². The number of alkyl halides is 1. The van der Waals surface area contributed by atoms with E-state index in [-0.39, 0.29) is 23.1 Å². The molecule has 0 aromatic rings. The second-order valence-corrected chi connectivity index (χ2v) is 8.17. The van der Waals surface area contributed by atoms with E-state index in [1.54, 1.807) is 0 Å². The molecule has 0 aliphatic carbocycles. The van der Waals surface area contributed by atoms with Crippen LogP contribution in [0.1, 0.15) is 20.8 Å². The summed E-state index contributed by atoms with van der Waals surface area (Å²) < 4.78 is 22.7. The third kappa shape index (κ3) is 4.43. The van der Waals surface area contributed by atoms with E-state index in [2.05, 4.69) is 10.6 Å². The molecule has 4 nitrogen and oxygen atoms in total. The summed E-state index contributed by atoms with van der Waals surface area (Å²) in [5.41, 5.74) is -0.149. The van der Waals surface area contributed by atoms with Gasteiger partial charge >= 0.3 is 0 Å². The summed E-state index contributed by atoms with van der Waals surface area (Å²) in [6.45, 7) is 5.93. The number of rotatable bonds is 1. The van der Waals surface area contributed by atoms with Gasteiger partial charge in [-0.3, -0.25) is 0 Å². The van der Waals surface area contributed by atoms with Gasteiger partial charge in [0.15, 0.2) is 14.9 Å². The lowest BCUT2D eigenvalue weighted by Gasteiger charge is -2.25. The van der Waals surface area contributed by atoms with Gasteiger partial charge in [0.1, 0.15) is 0 Å². The molecule has 0 spiro atoms. The normalized spacial score (nSPS) is 28.8. The first-order valence-electron chi connectivity index (χ1n) is 5.02. The predicted octanol–water partition coefficient (Wildman–Crippen LogP) is 0.653. The van der Waals surface area contributed by atoms with Crippen LogP contribution in [-0.2, 0) is 9.84 Å². The van der Waals surface area contributed by atoms with E-state index >= 15 is 0 Å². The number of sulfone groups is 1. The first-order valence-corrected chi connectivity index (χ1v) is 7.69. The fourth-order valence-corrected chi connectivity index (χ4v) is 4.49. The molecule has 0 aromatic carbocycles. The molecule has 0 unspecified atom stereocenters. The molecular weight excluding hydrogens is 268 g/mol. The molecule has 7 heteroatoms. The van der Waals surface area contributed by atoms with Crippen molar-refractivity contribution in [3.8, 4) is 0 Å². The average molecular weight is 285 g/mol. The summed E-state index contributed by atoms with van der Waals surface area (Å²) in [7, 11) is -3.02. The Bertz CT molecular complexity index is 375. The van der Waals surface area contributed by atoms with Crippen LogP contribution in [0.2, 0.25) is 0 Å². The molecule has 0 bridgehead atoms. The monoisotopic (exact) mass is 284 g/mol. The van der Waals surface area contributed by atoms with Crippen molar-refractivity contribution in [1.29, 1.82) is 0 Å². The molecule has 0 saturated carbocycles. The topological polar surface area (TPSA) is 58.2 Å². The molecule has 1 saturated heterocycles. The Kier molecular flexibility index (Phi) is 4.08. The highest BCUT2D eigenvalue weighted by molar-refractivity contribution is 7.91. The molecule has 16 heavy (non-hydrogen) atoms. The minimum atomic E-state index is -3.02. The van der Waals surface area contributed by atoms with Crippen LogP contribution in [0.3, 0.4) is 0 Å². The molecule has 0 aromatic heterocycles. The molecule has 1 aliphatic heterocycles. The van der Waals surface area contributed by atoms with Crippen molar-refractivity contribution in [2.45, 2.75) is 37.7 Å². The third-order valence-corrected chi connectivity index (χ3v) is 4.68.